The van der Waals surface area contributed by atoms with E-state index in [4.69, 9.17) is 10.5 Å². The maximum absolute atomic E-state index is 5.51. The number of hydrogen-bond acceptors (Lipinski definition) is 4. The van der Waals surface area contributed by atoms with Crippen molar-refractivity contribution in [1.82, 2.24) is 4.90 Å². The summed E-state index contributed by atoms with van der Waals surface area (Å²) in [4.78, 5) is 6.81. The molecule has 0 amide bonds. The fraction of sp³-hybridized carbons (Fsp3) is 0.900. The molecule has 0 spiro atoms. The second-order valence-electron chi connectivity index (χ2n) is 3.79. The van der Waals surface area contributed by atoms with Gasteiger partial charge in [-0.15, -0.1) is 0 Å². The van der Waals surface area contributed by atoms with Crippen LogP contribution < -0.4 is 5.73 Å². The highest BCUT2D eigenvalue weighted by Crippen LogP contribution is 2.04. The summed E-state index contributed by atoms with van der Waals surface area (Å²) in [5.41, 5.74) is 5.51. The summed E-state index contributed by atoms with van der Waals surface area (Å²) in [6, 6.07) is 0. The van der Waals surface area contributed by atoms with E-state index in [9.17, 15) is 0 Å². The lowest BCUT2D eigenvalue weighted by Crippen LogP contribution is -2.41. The molecule has 2 unspecified atom stereocenters. The number of nitrogens with zero attached hydrogens (tertiary/aromatic N) is 2. The van der Waals surface area contributed by atoms with Crippen LogP contribution in [0.25, 0.3) is 0 Å². The molecule has 4 heteroatoms. The van der Waals surface area contributed by atoms with Crippen molar-refractivity contribution >= 4 is 6.21 Å². The first-order valence-electron chi connectivity index (χ1n) is 5.29. The molecule has 1 heterocycles. The molecule has 0 aromatic carbocycles. The van der Waals surface area contributed by atoms with Gasteiger partial charge in [0.2, 0.25) is 0 Å². The number of morpholine rings is 1. The molecule has 14 heavy (non-hydrogen) atoms. The molecular weight excluding hydrogens is 178 g/mol. The molecule has 0 aromatic rings. The van der Waals surface area contributed by atoms with E-state index in [-0.39, 0.29) is 6.17 Å². The smallest absolute Gasteiger partial charge is 0.0988 e. The van der Waals surface area contributed by atoms with Gasteiger partial charge in [-0.05, 0) is 13.5 Å². The van der Waals surface area contributed by atoms with E-state index in [1.165, 1.54) is 0 Å². The zero-order chi connectivity index (χ0) is 10.4. The maximum Gasteiger partial charge on any atom is 0.0988 e. The molecule has 2 N–H and O–H groups in total. The van der Waals surface area contributed by atoms with E-state index in [0.717, 1.165) is 26.3 Å². The Morgan fingerprint density at radius 1 is 1.43 bits per heavy atom. The Bertz CT molecular complexity index is 178. The quantitative estimate of drug-likeness (QED) is 0.664. The van der Waals surface area contributed by atoms with Crippen LogP contribution in [0.5, 0.6) is 0 Å². The average molecular weight is 199 g/mol. The average Bonchev–Trinajstić information content (AvgIpc) is 2.26. The first-order valence-corrected chi connectivity index (χ1v) is 5.29. The van der Waals surface area contributed by atoms with Crippen LogP contribution in [-0.4, -0.2) is 50.1 Å². The molecule has 0 radical (unpaired) electrons. The monoisotopic (exact) mass is 199 g/mol. The van der Waals surface area contributed by atoms with Gasteiger partial charge < -0.3 is 10.5 Å². The van der Waals surface area contributed by atoms with E-state index >= 15 is 0 Å². The van der Waals surface area contributed by atoms with Crippen LogP contribution in [0.1, 0.15) is 13.8 Å². The zero-order valence-electron chi connectivity index (χ0n) is 9.15. The lowest BCUT2D eigenvalue weighted by Gasteiger charge is -2.29. The summed E-state index contributed by atoms with van der Waals surface area (Å²) in [5, 5.41) is 0. The first-order chi connectivity index (χ1) is 6.74. The lowest BCUT2D eigenvalue weighted by atomic mass is 10.2. The van der Waals surface area contributed by atoms with E-state index < -0.39 is 0 Å². The minimum atomic E-state index is 0.257. The molecule has 1 aliphatic rings. The summed E-state index contributed by atoms with van der Waals surface area (Å²) in [6.45, 7) is 8.48. The molecule has 2 atom stereocenters. The van der Waals surface area contributed by atoms with Crippen LogP contribution in [0.4, 0.5) is 0 Å². The first kappa shape index (κ1) is 11.6. The lowest BCUT2D eigenvalue weighted by molar-refractivity contribution is 0.0220. The van der Waals surface area contributed by atoms with E-state index in [2.05, 4.69) is 23.7 Å². The van der Waals surface area contributed by atoms with Crippen molar-refractivity contribution in [2.75, 3.05) is 32.8 Å². The molecule has 1 rings (SSSR count). The van der Waals surface area contributed by atoms with Crippen LogP contribution in [-0.2, 0) is 4.74 Å². The van der Waals surface area contributed by atoms with Crippen LogP contribution in [0.2, 0.25) is 0 Å². The highest BCUT2D eigenvalue weighted by Gasteiger charge is 2.15. The highest BCUT2D eigenvalue weighted by atomic mass is 16.5. The fourth-order valence-corrected chi connectivity index (χ4v) is 1.38. The Labute approximate surface area is 86.1 Å². The third kappa shape index (κ3) is 3.74. The molecule has 82 valence electrons. The van der Waals surface area contributed by atoms with Gasteiger partial charge in [0.25, 0.3) is 0 Å². The summed E-state index contributed by atoms with van der Waals surface area (Å²) < 4.78 is 5.28. The van der Waals surface area contributed by atoms with Gasteiger partial charge in [0.15, 0.2) is 0 Å². The number of hydrogen-bond donors (Lipinski definition) is 1. The van der Waals surface area contributed by atoms with Crippen LogP contribution in [0, 0.1) is 5.92 Å². The van der Waals surface area contributed by atoms with E-state index in [0.29, 0.717) is 12.5 Å². The van der Waals surface area contributed by atoms with Crippen LogP contribution in [0.15, 0.2) is 4.99 Å². The van der Waals surface area contributed by atoms with Crippen molar-refractivity contribution in [3.8, 4) is 0 Å². The van der Waals surface area contributed by atoms with Crippen molar-refractivity contribution in [2.45, 2.75) is 20.0 Å². The zero-order valence-corrected chi connectivity index (χ0v) is 9.15. The van der Waals surface area contributed by atoms with Gasteiger partial charge >= 0.3 is 0 Å². The molecule has 1 aliphatic heterocycles. The molecule has 0 aliphatic carbocycles. The third-order valence-electron chi connectivity index (χ3n) is 2.50. The Balaban J connectivity index is 2.32. The second-order valence-corrected chi connectivity index (χ2v) is 3.79. The van der Waals surface area contributed by atoms with Gasteiger partial charge in [0, 0.05) is 25.2 Å². The Morgan fingerprint density at radius 3 is 2.64 bits per heavy atom. The fourth-order valence-electron chi connectivity index (χ4n) is 1.38. The summed E-state index contributed by atoms with van der Waals surface area (Å²) in [7, 11) is 0. The van der Waals surface area contributed by atoms with Gasteiger partial charge in [-0.1, -0.05) is 6.92 Å². The number of aliphatic imine (C=N–C) groups is 1. The van der Waals surface area contributed by atoms with Gasteiger partial charge in [0.1, 0.15) is 0 Å². The van der Waals surface area contributed by atoms with Crippen molar-refractivity contribution in [1.29, 1.82) is 0 Å². The largest absolute Gasteiger partial charge is 0.379 e. The van der Waals surface area contributed by atoms with Gasteiger partial charge in [-0.25, -0.2) is 0 Å². The Morgan fingerprint density at radius 2 is 2.07 bits per heavy atom. The number of ether oxygens (including phenoxy) is 1. The molecule has 1 fully saturated rings. The molecule has 1 saturated heterocycles. The second kappa shape index (κ2) is 6.11. The maximum atomic E-state index is 5.51. The van der Waals surface area contributed by atoms with E-state index in [1.54, 1.807) is 0 Å². The van der Waals surface area contributed by atoms with Gasteiger partial charge in [-0.2, -0.15) is 0 Å². The van der Waals surface area contributed by atoms with Crippen molar-refractivity contribution in [3.05, 3.63) is 0 Å². The van der Waals surface area contributed by atoms with Crippen molar-refractivity contribution in [2.24, 2.45) is 16.6 Å². The molecule has 0 bridgehead atoms. The Kier molecular flexibility index (Phi) is 5.07. The minimum absolute atomic E-state index is 0.257. The SMILES string of the molecule is CC(/C=N\C(C)N1CCOCC1)CN. The van der Waals surface area contributed by atoms with Crippen molar-refractivity contribution in [3.63, 3.8) is 0 Å². The summed E-state index contributed by atoms with van der Waals surface area (Å²) in [6.07, 6.45) is 2.22. The number of nitrogens with two attached hydrogens (primary N) is 1. The topological polar surface area (TPSA) is 50.8 Å². The predicted molar refractivity (Wildman–Crippen MR) is 58.6 cm³/mol. The standard InChI is InChI=1S/C10H21N3O/c1-9(7-11)8-12-10(2)13-3-5-14-6-4-13/h8-10H,3-7,11H2,1-2H3/b12-8-. The van der Waals surface area contributed by atoms with Crippen LogP contribution >= 0.6 is 0 Å². The molecule has 0 aromatic heterocycles. The van der Waals surface area contributed by atoms with Crippen molar-refractivity contribution < 1.29 is 4.74 Å². The van der Waals surface area contributed by atoms with E-state index in [1.807, 2.05) is 6.21 Å². The predicted octanol–water partition coefficient (Wildman–Crippen LogP) is 0.330. The summed E-state index contributed by atoms with van der Waals surface area (Å²) >= 11 is 0. The van der Waals surface area contributed by atoms with Gasteiger partial charge in [0.05, 0.1) is 19.4 Å². The van der Waals surface area contributed by atoms with Gasteiger partial charge in [-0.3, -0.25) is 9.89 Å². The molecular formula is C10H21N3O. The molecule has 4 nitrogen and oxygen atoms in total. The summed E-state index contributed by atoms with van der Waals surface area (Å²) in [5.74, 6) is 0.374. The Hall–Kier alpha value is -0.450. The third-order valence-corrected chi connectivity index (χ3v) is 2.50. The van der Waals surface area contributed by atoms with Crippen LogP contribution in [0.3, 0.4) is 0 Å². The normalized spacial score (nSPS) is 23.9. The molecule has 0 saturated carbocycles. The highest BCUT2D eigenvalue weighted by molar-refractivity contribution is 5.60. The minimum Gasteiger partial charge on any atom is -0.379 e. The number of rotatable bonds is 4.